The summed E-state index contributed by atoms with van der Waals surface area (Å²) in [4.78, 5) is 26.2. The van der Waals surface area contributed by atoms with Gasteiger partial charge in [-0.15, -0.1) is 11.3 Å². The molecule has 1 aliphatic heterocycles. The van der Waals surface area contributed by atoms with Gasteiger partial charge in [0.1, 0.15) is 18.2 Å². The zero-order valence-electron chi connectivity index (χ0n) is 15.8. The van der Waals surface area contributed by atoms with Crippen molar-refractivity contribution in [1.82, 2.24) is 0 Å². The maximum Gasteiger partial charge on any atom is 0.341 e. The molecule has 7 heteroatoms. The van der Waals surface area contributed by atoms with E-state index in [0.717, 1.165) is 43.2 Å². The molecule has 1 aliphatic carbocycles. The van der Waals surface area contributed by atoms with Gasteiger partial charge in [0, 0.05) is 4.88 Å². The molecule has 148 valence electrons. The Morgan fingerprint density at radius 2 is 1.89 bits per heavy atom. The van der Waals surface area contributed by atoms with Gasteiger partial charge in [0.25, 0.3) is 0 Å². The number of nitrogens with one attached hydrogen (secondary N) is 1. The molecule has 0 atom stereocenters. The van der Waals surface area contributed by atoms with Gasteiger partial charge in [-0.3, -0.25) is 4.79 Å². The zero-order chi connectivity index (χ0) is 19.5. The highest BCUT2D eigenvalue weighted by molar-refractivity contribution is 7.17. The van der Waals surface area contributed by atoms with Crippen LogP contribution in [0.5, 0.6) is 11.5 Å². The molecule has 0 spiro atoms. The minimum absolute atomic E-state index is 0.168. The van der Waals surface area contributed by atoms with Gasteiger partial charge in [-0.2, -0.15) is 0 Å². The van der Waals surface area contributed by atoms with Crippen LogP contribution in [0.4, 0.5) is 5.00 Å². The lowest BCUT2D eigenvalue weighted by molar-refractivity contribution is -0.115. The van der Waals surface area contributed by atoms with Gasteiger partial charge < -0.3 is 19.5 Å². The number of carbonyl (C=O) groups is 2. The molecule has 0 saturated heterocycles. The van der Waals surface area contributed by atoms with Gasteiger partial charge in [-0.25, -0.2) is 4.79 Å². The second-order valence-electron chi connectivity index (χ2n) is 6.96. The van der Waals surface area contributed by atoms with Gasteiger partial charge in [-0.1, -0.05) is 12.5 Å². The van der Waals surface area contributed by atoms with Gasteiger partial charge in [-0.05, 0) is 48.9 Å². The van der Waals surface area contributed by atoms with Crippen LogP contribution in [0.25, 0.3) is 0 Å². The fourth-order valence-corrected chi connectivity index (χ4v) is 5.00. The van der Waals surface area contributed by atoms with E-state index in [1.54, 1.807) is 0 Å². The summed E-state index contributed by atoms with van der Waals surface area (Å²) in [7, 11) is 1.38. The van der Waals surface area contributed by atoms with Crippen molar-refractivity contribution in [3.05, 3.63) is 39.8 Å². The fourth-order valence-electron chi connectivity index (χ4n) is 3.70. The van der Waals surface area contributed by atoms with E-state index < -0.39 is 0 Å². The molecule has 2 heterocycles. The number of methoxy groups -OCH3 is 1. The molecule has 0 saturated carbocycles. The molecule has 0 radical (unpaired) electrons. The van der Waals surface area contributed by atoms with E-state index in [4.69, 9.17) is 14.2 Å². The Morgan fingerprint density at radius 1 is 1.11 bits per heavy atom. The molecule has 4 rings (SSSR count). The van der Waals surface area contributed by atoms with Gasteiger partial charge in [0.05, 0.1) is 19.1 Å². The number of hydrogen-bond donors (Lipinski definition) is 1. The average molecular weight is 401 g/mol. The Hall–Kier alpha value is -2.54. The summed E-state index contributed by atoms with van der Waals surface area (Å²) >= 11 is 1.50. The molecular weight excluding hydrogens is 378 g/mol. The molecule has 0 fully saturated rings. The molecule has 0 bridgehead atoms. The number of amides is 1. The lowest BCUT2D eigenvalue weighted by atomic mass is 10.1. The topological polar surface area (TPSA) is 73.9 Å². The maximum atomic E-state index is 12.7. The Bertz CT molecular complexity index is 904. The predicted octanol–water partition coefficient (Wildman–Crippen LogP) is 3.76. The second kappa shape index (κ2) is 8.22. The van der Waals surface area contributed by atoms with Crippen molar-refractivity contribution in [3.8, 4) is 11.5 Å². The number of benzene rings is 1. The van der Waals surface area contributed by atoms with Crippen LogP contribution in [0.2, 0.25) is 0 Å². The van der Waals surface area contributed by atoms with Crippen LogP contribution in [0.3, 0.4) is 0 Å². The van der Waals surface area contributed by atoms with E-state index in [-0.39, 0.29) is 18.3 Å². The van der Waals surface area contributed by atoms with Crippen LogP contribution in [-0.4, -0.2) is 32.2 Å². The molecule has 28 heavy (non-hydrogen) atoms. The first-order chi connectivity index (χ1) is 13.7. The number of rotatable bonds is 4. The molecule has 2 aliphatic rings. The van der Waals surface area contributed by atoms with E-state index in [1.807, 2.05) is 18.2 Å². The first-order valence-electron chi connectivity index (χ1n) is 9.57. The maximum absolute atomic E-state index is 12.7. The number of esters is 1. The van der Waals surface area contributed by atoms with Crippen molar-refractivity contribution < 1.29 is 23.8 Å². The minimum atomic E-state index is -0.381. The van der Waals surface area contributed by atoms with Crippen LogP contribution in [0.1, 0.15) is 45.6 Å². The number of ether oxygens (including phenoxy) is 3. The van der Waals surface area contributed by atoms with E-state index in [1.165, 1.54) is 23.3 Å². The van der Waals surface area contributed by atoms with E-state index >= 15 is 0 Å². The molecule has 1 N–H and O–H groups in total. The summed E-state index contributed by atoms with van der Waals surface area (Å²) in [5.74, 6) is 0.812. The van der Waals surface area contributed by atoms with Crippen molar-refractivity contribution in [1.29, 1.82) is 0 Å². The largest absolute Gasteiger partial charge is 0.486 e. The smallest absolute Gasteiger partial charge is 0.341 e. The summed E-state index contributed by atoms with van der Waals surface area (Å²) < 4.78 is 16.1. The molecule has 0 unspecified atom stereocenters. The summed E-state index contributed by atoms with van der Waals surface area (Å²) in [6, 6.07) is 5.52. The number of thiophene rings is 1. The highest BCUT2D eigenvalue weighted by atomic mass is 32.1. The van der Waals surface area contributed by atoms with Crippen LogP contribution in [-0.2, 0) is 28.8 Å². The van der Waals surface area contributed by atoms with E-state index in [2.05, 4.69) is 5.32 Å². The minimum Gasteiger partial charge on any atom is -0.486 e. The highest BCUT2D eigenvalue weighted by Gasteiger charge is 2.26. The number of fused-ring (bicyclic) bond motifs is 2. The molecule has 2 aromatic rings. The van der Waals surface area contributed by atoms with Crippen molar-refractivity contribution in [3.63, 3.8) is 0 Å². The zero-order valence-corrected chi connectivity index (χ0v) is 16.7. The summed E-state index contributed by atoms with van der Waals surface area (Å²) in [6.45, 7) is 1.04. The first kappa shape index (κ1) is 18.8. The van der Waals surface area contributed by atoms with Crippen molar-refractivity contribution in [2.75, 3.05) is 25.6 Å². The molecule has 1 aromatic carbocycles. The Labute approximate surface area is 167 Å². The Kier molecular flexibility index (Phi) is 5.52. The summed E-state index contributed by atoms with van der Waals surface area (Å²) in [5.41, 5.74) is 2.41. The lowest BCUT2D eigenvalue weighted by Gasteiger charge is -2.18. The Morgan fingerprint density at radius 3 is 2.71 bits per heavy atom. The SMILES string of the molecule is COC(=O)c1c(NC(=O)Cc2ccc3c(c2)OCCO3)sc2c1CCCCC2. The number of aryl methyl sites for hydroxylation is 1. The van der Waals surface area contributed by atoms with Crippen LogP contribution < -0.4 is 14.8 Å². The average Bonchev–Trinajstić information content (AvgIpc) is 2.87. The van der Waals surface area contributed by atoms with Gasteiger partial charge in [0.15, 0.2) is 11.5 Å². The third-order valence-corrected chi connectivity index (χ3v) is 6.24. The third-order valence-electron chi connectivity index (χ3n) is 5.04. The third kappa shape index (κ3) is 3.85. The highest BCUT2D eigenvalue weighted by Crippen LogP contribution is 2.38. The number of anilines is 1. The van der Waals surface area contributed by atoms with Crippen LogP contribution in [0, 0.1) is 0 Å². The number of hydrogen-bond acceptors (Lipinski definition) is 6. The quantitative estimate of drug-likeness (QED) is 0.624. The summed E-state index contributed by atoms with van der Waals surface area (Å²) in [6.07, 6.45) is 5.32. The monoisotopic (exact) mass is 401 g/mol. The normalized spacial score (nSPS) is 15.3. The van der Waals surface area contributed by atoms with Crippen molar-refractivity contribution in [2.24, 2.45) is 0 Å². The van der Waals surface area contributed by atoms with Crippen LogP contribution >= 0.6 is 11.3 Å². The Balaban J connectivity index is 1.53. The lowest BCUT2D eigenvalue weighted by Crippen LogP contribution is -2.18. The molecular formula is C21H23NO5S. The first-order valence-corrected chi connectivity index (χ1v) is 10.4. The van der Waals surface area contributed by atoms with Gasteiger partial charge in [0.2, 0.25) is 5.91 Å². The van der Waals surface area contributed by atoms with Crippen LogP contribution in [0.15, 0.2) is 18.2 Å². The number of carbonyl (C=O) groups excluding carboxylic acids is 2. The van der Waals surface area contributed by atoms with Crippen molar-refractivity contribution in [2.45, 2.75) is 38.5 Å². The van der Waals surface area contributed by atoms with E-state index in [9.17, 15) is 9.59 Å². The molecule has 6 nitrogen and oxygen atoms in total. The predicted molar refractivity (Wildman–Crippen MR) is 107 cm³/mol. The standard InChI is InChI=1S/C21H23NO5S/c1-25-21(24)19-14-5-3-2-4-6-17(14)28-20(19)22-18(23)12-13-7-8-15-16(11-13)27-10-9-26-15/h7-8,11H,2-6,9-10,12H2,1H3,(H,22,23). The molecule has 1 aromatic heterocycles. The second-order valence-corrected chi connectivity index (χ2v) is 8.07. The fraction of sp³-hybridized carbons (Fsp3) is 0.429. The van der Waals surface area contributed by atoms with Gasteiger partial charge >= 0.3 is 5.97 Å². The van der Waals surface area contributed by atoms with E-state index in [0.29, 0.717) is 35.3 Å². The van der Waals surface area contributed by atoms with Crippen molar-refractivity contribution >= 4 is 28.2 Å². The summed E-state index contributed by atoms with van der Waals surface area (Å²) in [5, 5.41) is 3.54. The molecule has 1 amide bonds.